The molecule has 0 bridgehead atoms. The van der Waals surface area contributed by atoms with E-state index in [1.807, 2.05) is 0 Å². The number of hydrogen-bond acceptors (Lipinski definition) is 6. The molecular formula is C8H12N2O3S. The Bertz CT molecular complexity index is 313. The van der Waals surface area contributed by atoms with Crippen molar-refractivity contribution in [2.45, 2.75) is 6.92 Å². The molecule has 0 N–H and O–H groups in total. The fraction of sp³-hybridized carbons (Fsp3) is 0.500. The Morgan fingerprint density at radius 3 is 3.00 bits per heavy atom. The van der Waals surface area contributed by atoms with Gasteiger partial charge in [-0.05, 0) is 6.92 Å². The third kappa shape index (κ3) is 2.43. The van der Waals surface area contributed by atoms with Gasteiger partial charge in [0.05, 0.1) is 19.9 Å². The molecule has 0 aliphatic rings. The number of nitrogens with zero attached hydrogens (tertiary/aromatic N) is 2. The van der Waals surface area contributed by atoms with Gasteiger partial charge >= 0.3 is 5.97 Å². The summed E-state index contributed by atoms with van der Waals surface area (Å²) in [6.45, 7) is 2.13. The smallest absolute Gasteiger partial charge is 0.350 e. The van der Waals surface area contributed by atoms with Crippen LogP contribution in [0, 0.1) is 0 Å². The molecule has 0 amide bonds. The molecule has 1 rings (SSSR count). The normalized spacial score (nSPS) is 9.93. The predicted octanol–water partition coefficient (Wildman–Crippen LogP) is 1.32. The zero-order valence-electron chi connectivity index (χ0n) is 8.31. The summed E-state index contributed by atoms with van der Waals surface area (Å²) in [5.74, 6) is -0.347. The molecule has 6 heteroatoms. The van der Waals surface area contributed by atoms with Crippen LogP contribution in [0.1, 0.15) is 16.6 Å². The van der Waals surface area contributed by atoms with E-state index in [0.717, 1.165) is 0 Å². The molecule has 0 fully saturated rings. The number of ether oxygens (including phenoxy) is 1. The Hall–Kier alpha value is -1.14. The molecule has 0 radical (unpaired) electrons. The van der Waals surface area contributed by atoms with Gasteiger partial charge in [-0.2, -0.15) is 0 Å². The van der Waals surface area contributed by atoms with E-state index in [4.69, 9.17) is 9.57 Å². The van der Waals surface area contributed by atoms with E-state index in [2.05, 4.69) is 4.98 Å². The highest BCUT2D eigenvalue weighted by Crippen LogP contribution is 2.21. The first-order valence-electron chi connectivity index (χ1n) is 4.09. The van der Waals surface area contributed by atoms with Gasteiger partial charge in [-0.1, -0.05) is 11.3 Å². The molecule has 0 aromatic carbocycles. The lowest BCUT2D eigenvalue weighted by molar-refractivity contribution is 0.0532. The van der Waals surface area contributed by atoms with E-state index in [0.29, 0.717) is 16.6 Å². The largest absolute Gasteiger partial charge is 0.462 e. The predicted molar refractivity (Wildman–Crippen MR) is 53.5 cm³/mol. The lowest BCUT2D eigenvalue weighted by atomic mass is 10.6. The van der Waals surface area contributed by atoms with Crippen LogP contribution in [-0.4, -0.2) is 31.7 Å². The Morgan fingerprint density at radius 1 is 1.71 bits per heavy atom. The maximum absolute atomic E-state index is 11.3. The highest BCUT2D eigenvalue weighted by Gasteiger charge is 2.13. The Kier molecular flexibility index (Phi) is 3.84. The van der Waals surface area contributed by atoms with Crippen LogP contribution in [0.25, 0.3) is 0 Å². The van der Waals surface area contributed by atoms with Crippen molar-refractivity contribution in [3.63, 3.8) is 0 Å². The van der Waals surface area contributed by atoms with Crippen molar-refractivity contribution in [1.29, 1.82) is 0 Å². The molecule has 14 heavy (non-hydrogen) atoms. The summed E-state index contributed by atoms with van der Waals surface area (Å²) in [4.78, 5) is 20.7. The zero-order chi connectivity index (χ0) is 10.6. The van der Waals surface area contributed by atoms with Gasteiger partial charge in [0.2, 0.25) is 5.13 Å². The van der Waals surface area contributed by atoms with E-state index in [9.17, 15) is 4.79 Å². The molecule has 1 aromatic heterocycles. The summed E-state index contributed by atoms with van der Waals surface area (Å²) in [6, 6.07) is 0. The quantitative estimate of drug-likeness (QED) is 0.561. The molecule has 78 valence electrons. The molecule has 0 saturated heterocycles. The molecule has 0 aliphatic heterocycles. The van der Waals surface area contributed by atoms with Crippen LogP contribution >= 0.6 is 11.3 Å². The van der Waals surface area contributed by atoms with Gasteiger partial charge in [0.15, 0.2) is 0 Å². The van der Waals surface area contributed by atoms with Crippen molar-refractivity contribution >= 4 is 22.4 Å². The SMILES string of the molecule is CCOC(=O)c1cnc(N(C)OC)s1. The highest BCUT2D eigenvalue weighted by atomic mass is 32.1. The lowest BCUT2D eigenvalue weighted by Gasteiger charge is -2.10. The van der Waals surface area contributed by atoms with E-state index in [1.165, 1.54) is 29.7 Å². The minimum atomic E-state index is -0.347. The second kappa shape index (κ2) is 4.92. The van der Waals surface area contributed by atoms with Crippen LogP contribution in [0.4, 0.5) is 5.13 Å². The van der Waals surface area contributed by atoms with Crippen LogP contribution in [-0.2, 0) is 9.57 Å². The first-order chi connectivity index (χ1) is 6.69. The second-order valence-corrected chi connectivity index (χ2v) is 3.42. The number of esters is 1. The average Bonchev–Trinajstić information content (AvgIpc) is 2.66. The molecule has 0 aliphatic carbocycles. The van der Waals surface area contributed by atoms with Crippen molar-refractivity contribution in [2.24, 2.45) is 0 Å². The summed E-state index contributed by atoms with van der Waals surface area (Å²) in [6.07, 6.45) is 1.48. The van der Waals surface area contributed by atoms with E-state index < -0.39 is 0 Å². The van der Waals surface area contributed by atoms with Crippen molar-refractivity contribution < 1.29 is 14.4 Å². The van der Waals surface area contributed by atoms with Crippen LogP contribution in [0.3, 0.4) is 0 Å². The summed E-state index contributed by atoms with van der Waals surface area (Å²) >= 11 is 1.23. The molecule has 0 spiro atoms. The van der Waals surface area contributed by atoms with Crippen LogP contribution in [0.5, 0.6) is 0 Å². The van der Waals surface area contributed by atoms with Crippen molar-refractivity contribution in [1.82, 2.24) is 4.98 Å². The summed E-state index contributed by atoms with van der Waals surface area (Å²) in [5, 5.41) is 2.10. The lowest BCUT2D eigenvalue weighted by Crippen LogP contribution is -2.13. The van der Waals surface area contributed by atoms with Gasteiger partial charge < -0.3 is 4.74 Å². The van der Waals surface area contributed by atoms with E-state index in [-0.39, 0.29) is 5.97 Å². The topological polar surface area (TPSA) is 51.7 Å². The van der Waals surface area contributed by atoms with Crippen molar-refractivity contribution in [3.05, 3.63) is 11.1 Å². The minimum Gasteiger partial charge on any atom is -0.462 e. The van der Waals surface area contributed by atoms with Gasteiger partial charge in [0.1, 0.15) is 4.88 Å². The molecule has 1 aromatic rings. The Labute approximate surface area is 86.2 Å². The van der Waals surface area contributed by atoms with Gasteiger partial charge in [0.25, 0.3) is 0 Å². The van der Waals surface area contributed by atoms with Crippen molar-refractivity contribution in [2.75, 3.05) is 25.8 Å². The van der Waals surface area contributed by atoms with Crippen LogP contribution < -0.4 is 5.06 Å². The van der Waals surface area contributed by atoms with Crippen LogP contribution in [0.15, 0.2) is 6.20 Å². The number of hydroxylamine groups is 1. The minimum absolute atomic E-state index is 0.347. The fourth-order valence-electron chi connectivity index (χ4n) is 0.785. The number of thiazole rings is 1. The molecule has 1 heterocycles. The van der Waals surface area contributed by atoms with E-state index >= 15 is 0 Å². The summed E-state index contributed by atoms with van der Waals surface area (Å²) in [5.41, 5.74) is 0. The zero-order valence-corrected chi connectivity index (χ0v) is 9.13. The maximum Gasteiger partial charge on any atom is 0.350 e. The average molecular weight is 216 g/mol. The maximum atomic E-state index is 11.3. The molecule has 0 unspecified atom stereocenters. The number of carbonyl (C=O) groups is 1. The first-order valence-corrected chi connectivity index (χ1v) is 4.91. The van der Waals surface area contributed by atoms with Crippen LogP contribution in [0.2, 0.25) is 0 Å². The Balaban J connectivity index is 2.72. The fourth-order valence-corrected chi connectivity index (χ4v) is 1.54. The van der Waals surface area contributed by atoms with Crippen molar-refractivity contribution in [3.8, 4) is 0 Å². The highest BCUT2D eigenvalue weighted by molar-refractivity contribution is 7.17. The van der Waals surface area contributed by atoms with Gasteiger partial charge in [0, 0.05) is 7.05 Å². The molecular weight excluding hydrogens is 204 g/mol. The third-order valence-corrected chi connectivity index (χ3v) is 2.55. The third-order valence-electron chi connectivity index (χ3n) is 1.51. The van der Waals surface area contributed by atoms with Gasteiger partial charge in [-0.25, -0.2) is 14.8 Å². The molecule has 0 atom stereocenters. The number of rotatable bonds is 4. The summed E-state index contributed by atoms with van der Waals surface area (Å²) < 4.78 is 4.83. The van der Waals surface area contributed by atoms with E-state index in [1.54, 1.807) is 14.0 Å². The number of hydrogen-bond donors (Lipinski definition) is 0. The molecule has 0 saturated carbocycles. The standard InChI is InChI=1S/C8H12N2O3S/c1-4-13-7(11)6-5-9-8(14-6)10(2)12-3/h5H,4H2,1-3H3. The number of aromatic nitrogens is 1. The number of anilines is 1. The monoisotopic (exact) mass is 216 g/mol. The first kappa shape index (κ1) is 10.9. The second-order valence-electron chi connectivity index (χ2n) is 2.41. The number of carbonyl (C=O) groups excluding carboxylic acids is 1. The molecule has 5 nitrogen and oxygen atoms in total. The Morgan fingerprint density at radius 2 is 2.43 bits per heavy atom. The summed E-state index contributed by atoms with van der Waals surface area (Å²) in [7, 11) is 3.25. The van der Waals surface area contributed by atoms with Gasteiger partial charge in [-0.3, -0.25) is 4.84 Å². The van der Waals surface area contributed by atoms with Gasteiger partial charge in [-0.15, -0.1) is 0 Å².